The number of amides is 1. The van der Waals surface area contributed by atoms with Crippen molar-refractivity contribution in [2.45, 2.75) is 38.6 Å². The van der Waals surface area contributed by atoms with Crippen molar-refractivity contribution in [2.24, 2.45) is 5.92 Å². The predicted molar refractivity (Wildman–Crippen MR) is 99.7 cm³/mol. The number of hydrogen-bond donors (Lipinski definition) is 1. The second-order valence-corrected chi connectivity index (χ2v) is 7.62. The topological polar surface area (TPSA) is 35.6 Å². The van der Waals surface area contributed by atoms with Gasteiger partial charge in [-0.05, 0) is 37.0 Å². The Kier molecular flexibility index (Phi) is 6.01. The molecule has 2 atom stereocenters. The second-order valence-electron chi connectivity index (χ2n) is 7.18. The third-order valence-corrected chi connectivity index (χ3v) is 5.61. The van der Waals surface area contributed by atoms with Crippen LogP contribution in [-0.4, -0.2) is 49.6 Å². The van der Waals surface area contributed by atoms with Crippen molar-refractivity contribution in [1.29, 1.82) is 0 Å². The standard InChI is InChI=1S/C19H28ClN3O/c1-15-5-2-3-8-18(15)21-19(24)14-22-9-11-23(12-10-22)17-7-4-6-16(20)13-17/h4,6-7,13,15,18H,2-3,5,8-12,14H2,1H3,(H,21,24)/t15-,18-/m0/s1. The molecule has 132 valence electrons. The van der Waals surface area contributed by atoms with Gasteiger partial charge in [-0.1, -0.05) is 37.4 Å². The van der Waals surface area contributed by atoms with Crippen molar-refractivity contribution in [3.05, 3.63) is 29.3 Å². The average molecular weight is 350 g/mol. The van der Waals surface area contributed by atoms with Crippen LogP contribution in [0, 0.1) is 5.92 Å². The second kappa shape index (κ2) is 8.21. The first-order valence-electron chi connectivity index (χ1n) is 9.14. The Morgan fingerprint density at radius 2 is 1.96 bits per heavy atom. The SMILES string of the molecule is C[C@H]1CCCC[C@@H]1NC(=O)CN1CCN(c2cccc(Cl)c2)CC1. The quantitative estimate of drug-likeness (QED) is 0.907. The summed E-state index contributed by atoms with van der Waals surface area (Å²) in [4.78, 5) is 16.9. The first-order valence-corrected chi connectivity index (χ1v) is 9.52. The number of carbonyl (C=O) groups excluding carboxylic acids is 1. The summed E-state index contributed by atoms with van der Waals surface area (Å²) in [5.41, 5.74) is 1.17. The maximum atomic E-state index is 12.3. The first kappa shape index (κ1) is 17.6. The Morgan fingerprint density at radius 1 is 1.21 bits per heavy atom. The molecule has 1 saturated heterocycles. The maximum Gasteiger partial charge on any atom is 0.234 e. The van der Waals surface area contributed by atoms with Gasteiger partial charge < -0.3 is 10.2 Å². The van der Waals surface area contributed by atoms with Gasteiger partial charge in [-0.25, -0.2) is 0 Å². The number of nitrogens with one attached hydrogen (secondary N) is 1. The molecule has 1 saturated carbocycles. The van der Waals surface area contributed by atoms with Crippen molar-refractivity contribution in [2.75, 3.05) is 37.6 Å². The van der Waals surface area contributed by atoms with Crippen LogP contribution in [0.3, 0.4) is 0 Å². The van der Waals surface area contributed by atoms with Crippen molar-refractivity contribution < 1.29 is 4.79 Å². The van der Waals surface area contributed by atoms with Gasteiger partial charge in [0.1, 0.15) is 0 Å². The zero-order chi connectivity index (χ0) is 16.9. The Labute approximate surface area is 150 Å². The lowest BCUT2D eigenvalue weighted by Crippen LogP contribution is -2.51. The van der Waals surface area contributed by atoms with Crippen LogP contribution >= 0.6 is 11.6 Å². The molecule has 0 spiro atoms. The van der Waals surface area contributed by atoms with Crippen molar-refractivity contribution >= 4 is 23.2 Å². The molecule has 24 heavy (non-hydrogen) atoms. The fourth-order valence-corrected chi connectivity index (χ4v) is 4.01. The minimum absolute atomic E-state index is 0.185. The summed E-state index contributed by atoms with van der Waals surface area (Å²) in [6, 6.07) is 8.37. The molecule has 0 radical (unpaired) electrons. The van der Waals surface area contributed by atoms with Crippen LogP contribution in [0.1, 0.15) is 32.6 Å². The molecule has 0 unspecified atom stereocenters. The number of piperazine rings is 1. The number of anilines is 1. The molecule has 2 fully saturated rings. The molecule has 4 nitrogen and oxygen atoms in total. The summed E-state index contributed by atoms with van der Waals surface area (Å²) in [5.74, 6) is 0.798. The largest absolute Gasteiger partial charge is 0.369 e. The van der Waals surface area contributed by atoms with Crippen LogP contribution in [0.4, 0.5) is 5.69 Å². The normalized spacial score (nSPS) is 25.5. The van der Waals surface area contributed by atoms with Gasteiger partial charge in [-0.15, -0.1) is 0 Å². The molecular weight excluding hydrogens is 322 g/mol. The summed E-state index contributed by atoms with van der Waals surface area (Å²) in [6.45, 7) is 6.49. The molecule has 1 amide bonds. The number of hydrogen-bond acceptors (Lipinski definition) is 3. The summed E-state index contributed by atoms with van der Waals surface area (Å²) < 4.78 is 0. The third kappa shape index (κ3) is 4.64. The molecular formula is C19H28ClN3O. The molecule has 5 heteroatoms. The molecule has 3 rings (SSSR count). The van der Waals surface area contributed by atoms with Gasteiger partial charge in [0.2, 0.25) is 5.91 Å². The van der Waals surface area contributed by atoms with Gasteiger partial charge >= 0.3 is 0 Å². The number of benzene rings is 1. The van der Waals surface area contributed by atoms with Gasteiger partial charge in [0.05, 0.1) is 6.54 Å². The van der Waals surface area contributed by atoms with Crippen LogP contribution in [0.15, 0.2) is 24.3 Å². The van der Waals surface area contributed by atoms with Crippen molar-refractivity contribution in [1.82, 2.24) is 10.2 Å². The highest BCUT2D eigenvalue weighted by Crippen LogP contribution is 2.24. The summed E-state index contributed by atoms with van der Waals surface area (Å²) >= 11 is 6.08. The van der Waals surface area contributed by atoms with E-state index in [1.54, 1.807) is 0 Å². The summed E-state index contributed by atoms with van der Waals surface area (Å²) in [6.07, 6.45) is 4.92. The minimum Gasteiger partial charge on any atom is -0.369 e. The monoisotopic (exact) mass is 349 g/mol. The Morgan fingerprint density at radius 3 is 2.67 bits per heavy atom. The van der Waals surface area contributed by atoms with E-state index in [0.29, 0.717) is 18.5 Å². The molecule has 0 bridgehead atoms. The van der Waals surface area contributed by atoms with E-state index in [9.17, 15) is 4.79 Å². The number of carbonyl (C=O) groups is 1. The van der Waals surface area contributed by atoms with E-state index < -0.39 is 0 Å². The average Bonchev–Trinajstić information content (AvgIpc) is 2.58. The number of halogens is 1. The smallest absolute Gasteiger partial charge is 0.234 e. The van der Waals surface area contributed by atoms with Gasteiger partial charge in [-0.2, -0.15) is 0 Å². The van der Waals surface area contributed by atoms with Crippen molar-refractivity contribution in [3.8, 4) is 0 Å². The predicted octanol–water partition coefficient (Wildman–Crippen LogP) is 3.16. The van der Waals surface area contributed by atoms with E-state index >= 15 is 0 Å². The first-order chi connectivity index (χ1) is 11.6. The van der Waals surface area contributed by atoms with Crippen molar-refractivity contribution in [3.63, 3.8) is 0 Å². The summed E-state index contributed by atoms with van der Waals surface area (Å²) in [5, 5.41) is 4.03. The lowest BCUT2D eigenvalue weighted by atomic mass is 9.86. The van der Waals surface area contributed by atoms with Crippen LogP contribution in [-0.2, 0) is 4.79 Å². The van der Waals surface area contributed by atoms with Crippen LogP contribution in [0.2, 0.25) is 5.02 Å². The fourth-order valence-electron chi connectivity index (χ4n) is 3.82. The highest BCUT2D eigenvalue weighted by molar-refractivity contribution is 6.30. The van der Waals surface area contributed by atoms with Crippen LogP contribution in [0.25, 0.3) is 0 Å². The minimum atomic E-state index is 0.185. The third-order valence-electron chi connectivity index (χ3n) is 5.37. The molecule has 1 heterocycles. The zero-order valence-electron chi connectivity index (χ0n) is 14.5. The molecule has 2 aliphatic rings. The van der Waals surface area contributed by atoms with Crippen LogP contribution in [0.5, 0.6) is 0 Å². The fraction of sp³-hybridized carbons (Fsp3) is 0.632. The highest BCUT2D eigenvalue weighted by atomic mass is 35.5. The molecule has 1 aliphatic heterocycles. The lowest BCUT2D eigenvalue weighted by Gasteiger charge is -2.36. The van der Waals surface area contributed by atoms with Gasteiger partial charge in [0.15, 0.2) is 0 Å². The number of rotatable bonds is 4. The zero-order valence-corrected chi connectivity index (χ0v) is 15.3. The Balaban J connectivity index is 1.44. The van der Waals surface area contributed by atoms with Gasteiger partial charge in [0, 0.05) is 42.9 Å². The van der Waals surface area contributed by atoms with Gasteiger partial charge in [0.25, 0.3) is 0 Å². The van der Waals surface area contributed by atoms with E-state index in [-0.39, 0.29) is 5.91 Å². The van der Waals surface area contributed by atoms with E-state index in [2.05, 4.69) is 28.1 Å². The highest BCUT2D eigenvalue weighted by Gasteiger charge is 2.24. The van der Waals surface area contributed by atoms with E-state index in [1.807, 2.05) is 18.2 Å². The van der Waals surface area contributed by atoms with E-state index in [4.69, 9.17) is 11.6 Å². The molecule has 1 aromatic carbocycles. The van der Waals surface area contributed by atoms with Gasteiger partial charge in [-0.3, -0.25) is 9.69 Å². The molecule has 1 aromatic rings. The molecule has 1 N–H and O–H groups in total. The van der Waals surface area contributed by atoms with Crippen LogP contribution < -0.4 is 10.2 Å². The van der Waals surface area contributed by atoms with E-state index in [0.717, 1.165) is 37.6 Å². The number of nitrogens with zero attached hydrogens (tertiary/aromatic N) is 2. The Bertz CT molecular complexity index is 557. The summed E-state index contributed by atoms with van der Waals surface area (Å²) in [7, 11) is 0. The van der Waals surface area contributed by atoms with E-state index in [1.165, 1.54) is 24.9 Å². The molecule has 0 aromatic heterocycles. The molecule has 1 aliphatic carbocycles. The Hall–Kier alpha value is -1.26. The maximum absolute atomic E-state index is 12.3. The lowest BCUT2D eigenvalue weighted by molar-refractivity contribution is -0.123.